The molecule has 0 fully saturated rings. The minimum Gasteiger partial charge on any atom is -0.237 e. The maximum atomic E-state index is 4.85. The molecule has 0 atom stereocenters. The number of allylic oxidation sites excluding steroid dienone is 6. The lowest BCUT2D eigenvalue weighted by molar-refractivity contribution is 0.669. The molecule has 2 heteroatoms. The normalized spacial score (nSPS) is 20.6. The smallest absolute Gasteiger partial charge is 0.120 e. The Balaban J connectivity index is 2.10. The zero-order valence-corrected chi connectivity index (χ0v) is 12.6. The molecule has 0 radical (unpaired) electrons. The molecule has 0 bridgehead atoms. The first-order valence-corrected chi connectivity index (χ1v) is 7.61. The maximum absolute atomic E-state index is 4.85. The van der Waals surface area contributed by atoms with E-state index in [0.717, 1.165) is 18.2 Å². The van der Waals surface area contributed by atoms with Crippen molar-refractivity contribution in [2.75, 3.05) is 0 Å². The van der Waals surface area contributed by atoms with Gasteiger partial charge in [-0.05, 0) is 37.5 Å². The van der Waals surface area contributed by atoms with Crippen molar-refractivity contribution in [1.82, 2.24) is 4.98 Å². The number of rotatable bonds is 1. The number of fused-ring (bicyclic) bond motifs is 1. The molecule has 0 saturated carbocycles. The van der Waals surface area contributed by atoms with Crippen LogP contribution in [-0.2, 0) is 0 Å². The van der Waals surface area contributed by atoms with Crippen LogP contribution in [0.5, 0.6) is 0 Å². The molecular formula is C17H19NS. The molecule has 19 heavy (non-hydrogen) atoms. The predicted molar refractivity (Wildman–Crippen MR) is 84.2 cm³/mol. The van der Waals surface area contributed by atoms with Crippen LogP contribution in [0, 0.1) is 5.41 Å². The van der Waals surface area contributed by atoms with Crippen LogP contribution in [0.15, 0.2) is 29.9 Å². The summed E-state index contributed by atoms with van der Waals surface area (Å²) in [7, 11) is 0. The molecule has 2 aliphatic rings. The summed E-state index contributed by atoms with van der Waals surface area (Å²) in [6.07, 6.45) is 15.6. The first kappa shape index (κ1) is 12.6. The highest BCUT2D eigenvalue weighted by atomic mass is 32.1. The largest absolute Gasteiger partial charge is 0.237 e. The number of hydrogen-bond acceptors (Lipinski definition) is 2. The van der Waals surface area contributed by atoms with Gasteiger partial charge in [-0.1, -0.05) is 43.7 Å². The molecule has 0 amide bonds. The van der Waals surface area contributed by atoms with Gasteiger partial charge in [-0.15, -0.1) is 11.3 Å². The number of nitrogens with zero attached hydrogens (tertiary/aromatic N) is 1. The van der Waals surface area contributed by atoms with Crippen molar-refractivity contribution in [1.29, 1.82) is 0 Å². The van der Waals surface area contributed by atoms with Crippen LogP contribution in [0.4, 0.5) is 0 Å². The van der Waals surface area contributed by atoms with Crippen molar-refractivity contribution >= 4 is 29.1 Å². The van der Waals surface area contributed by atoms with Gasteiger partial charge in [0.25, 0.3) is 0 Å². The van der Waals surface area contributed by atoms with E-state index in [1.165, 1.54) is 20.7 Å². The fraction of sp³-hybridized carbons (Fsp3) is 0.353. The summed E-state index contributed by atoms with van der Waals surface area (Å²) >= 11 is 1.81. The Morgan fingerprint density at radius 2 is 2.00 bits per heavy atom. The molecule has 1 aromatic rings. The van der Waals surface area contributed by atoms with E-state index in [0.29, 0.717) is 0 Å². The van der Waals surface area contributed by atoms with Crippen LogP contribution in [0.25, 0.3) is 17.7 Å². The molecule has 0 saturated heterocycles. The Hall–Kier alpha value is -1.41. The highest BCUT2D eigenvalue weighted by molar-refractivity contribution is 7.10. The summed E-state index contributed by atoms with van der Waals surface area (Å²) in [5.41, 5.74) is 2.93. The standard InChI is InChI=1S/C17H19NS/c1-12-6-8-13(9-7-12)16-18-14-11-17(2,3)10-4-5-15(14)19-16/h4-6,8,10-11H,7,9H2,1-3H3. The average molecular weight is 269 g/mol. The Bertz CT molecular complexity index is 711. The fourth-order valence-corrected chi connectivity index (χ4v) is 3.42. The van der Waals surface area contributed by atoms with E-state index < -0.39 is 0 Å². The molecule has 98 valence electrons. The third-order valence-corrected chi connectivity index (χ3v) is 4.71. The van der Waals surface area contributed by atoms with E-state index in [-0.39, 0.29) is 5.41 Å². The summed E-state index contributed by atoms with van der Waals surface area (Å²) < 4.78 is 1.28. The molecule has 0 spiro atoms. The zero-order valence-electron chi connectivity index (χ0n) is 11.7. The van der Waals surface area contributed by atoms with Gasteiger partial charge in [0.2, 0.25) is 0 Å². The molecule has 0 aliphatic heterocycles. The summed E-state index contributed by atoms with van der Waals surface area (Å²) in [4.78, 5) is 4.85. The van der Waals surface area contributed by atoms with E-state index in [1.54, 1.807) is 0 Å². The fourth-order valence-electron chi connectivity index (χ4n) is 2.41. The molecule has 0 aromatic carbocycles. The Kier molecular flexibility index (Phi) is 3.06. The summed E-state index contributed by atoms with van der Waals surface area (Å²) in [6, 6.07) is 0. The minimum atomic E-state index is 0.0878. The summed E-state index contributed by atoms with van der Waals surface area (Å²) in [6.45, 7) is 6.63. The van der Waals surface area contributed by atoms with Gasteiger partial charge < -0.3 is 0 Å². The molecule has 1 aromatic heterocycles. The molecule has 2 aliphatic carbocycles. The lowest BCUT2D eigenvalue weighted by Crippen LogP contribution is -2.22. The van der Waals surface area contributed by atoms with Gasteiger partial charge in [0, 0.05) is 5.41 Å². The average Bonchev–Trinajstić information content (AvgIpc) is 2.66. The molecule has 3 rings (SSSR count). The Labute approximate surface area is 118 Å². The first-order chi connectivity index (χ1) is 9.03. The second-order valence-corrected chi connectivity index (χ2v) is 7.00. The zero-order chi connectivity index (χ0) is 13.5. The van der Waals surface area contributed by atoms with E-state index in [1.807, 2.05) is 11.3 Å². The van der Waals surface area contributed by atoms with Gasteiger partial charge in [-0.3, -0.25) is 0 Å². The van der Waals surface area contributed by atoms with Crippen molar-refractivity contribution in [2.24, 2.45) is 5.41 Å². The van der Waals surface area contributed by atoms with Gasteiger partial charge in [-0.2, -0.15) is 0 Å². The third-order valence-electron chi connectivity index (χ3n) is 3.60. The van der Waals surface area contributed by atoms with Crippen LogP contribution in [0.2, 0.25) is 0 Å². The van der Waals surface area contributed by atoms with Gasteiger partial charge in [-0.25, -0.2) is 4.98 Å². The van der Waals surface area contributed by atoms with Crippen molar-refractivity contribution in [3.63, 3.8) is 0 Å². The number of thiazole rings is 1. The van der Waals surface area contributed by atoms with Crippen molar-refractivity contribution in [3.8, 4) is 0 Å². The summed E-state index contributed by atoms with van der Waals surface area (Å²) in [5, 5.41) is 2.33. The Morgan fingerprint density at radius 1 is 1.16 bits per heavy atom. The monoisotopic (exact) mass is 269 g/mol. The van der Waals surface area contributed by atoms with Crippen molar-refractivity contribution < 1.29 is 0 Å². The summed E-state index contributed by atoms with van der Waals surface area (Å²) in [5.74, 6) is 0. The third kappa shape index (κ3) is 2.64. The molecule has 0 unspecified atom stereocenters. The van der Waals surface area contributed by atoms with E-state index in [9.17, 15) is 0 Å². The highest BCUT2D eigenvalue weighted by Crippen LogP contribution is 2.26. The lowest BCUT2D eigenvalue weighted by atomic mass is 9.93. The van der Waals surface area contributed by atoms with Crippen molar-refractivity contribution in [2.45, 2.75) is 33.6 Å². The molecule has 0 N–H and O–H groups in total. The van der Waals surface area contributed by atoms with Crippen LogP contribution in [-0.4, -0.2) is 4.98 Å². The minimum absolute atomic E-state index is 0.0878. The SMILES string of the molecule is CC1=CC=C(c2nc3c(s2)=CC=CC(C)(C)C=3)CC1. The molecular weight excluding hydrogens is 250 g/mol. The number of aromatic nitrogens is 1. The van der Waals surface area contributed by atoms with Crippen molar-refractivity contribution in [3.05, 3.63) is 44.8 Å². The van der Waals surface area contributed by atoms with E-state index >= 15 is 0 Å². The first-order valence-electron chi connectivity index (χ1n) is 6.79. The van der Waals surface area contributed by atoms with E-state index in [2.05, 4.69) is 57.2 Å². The van der Waals surface area contributed by atoms with Crippen LogP contribution < -0.4 is 9.88 Å². The highest BCUT2D eigenvalue weighted by Gasteiger charge is 2.14. The van der Waals surface area contributed by atoms with Crippen LogP contribution in [0.1, 0.15) is 38.6 Å². The number of hydrogen-bond donors (Lipinski definition) is 0. The predicted octanol–water partition coefficient (Wildman–Crippen LogP) is 3.42. The van der Waals surface area contributed by atoms with Gasteiger partial charge in [0.15, 0.2) is 0 Å². The van der Waals surface area contributed by atoms with E-state index in [4.69, 9.17) is 4.98 Å². The van der Waals surface area contributed by atoms with Crippen LogP contribution >= 0.6 is 11.3 Å². The molecule has 1 heterocycles. The van der Waals surface area contributed by atoms with Gasteiger partial charge >= 0.3 is 0 Å². The molecule has 1 nitrogen and oxygen atoms in total. The van der Waals surface area contributed by atoms with Crippen LogP contribution in [0.3, 0.4) is 0 Å². The second-order valence-electron chi connectivity index (χ2n) is 5.96. The second kappa shape index (κ2) is 4.61. The topological polar surface area (TPSA) is 12.9 Å². The maximum Gasteiger partial charge on any atom is 0.120 e. The lowest BCUT2D eigenvalue weighted by Gasteiger charge is -2.12. The quantitative estimate of drug-likeness (QED) is 0.761. The van der Waals surface area contributed by atoms with Gasteiger partial charge in [0.1, 0.15) is 5.01 Å². The Morgan fingerprint density at radius 3 is 2.74 bits per heavy atom. The van der Waals surface area contributed by atoms with Gasteiger partial charge in [0.05, 0.1) is 9.88 Å².